The van der Waals surface area contributed by atoms with Crippen LogP contribution in [0.1, 0.15) is 12.5 Å². The maximum atomic E-state index is 14.6. The van der Waals surface area contributed by atoms with Gasteiger partial charge in [0.2, 0.25) is 5.75 Å². The first kappa shape index (κ1) is 18.8. The minimum absolute atomic E-state index is 0.125. The summed E-state index contributed by atoms with van der Waals surface area (Å²) in [6, 6.07) is 9.07. The monoisotopic (exact) mass is 371 g/mol. The highest BCUT2D eigenvalue weighted by Gasteiger charge is 2.20. The van der Waals surface area contributed by atoms with E-state index in [1.54, 1.807) is 18.2 Å². The predicted octanol–water partition coefficient (Wildman–Crippen LogP) is 4.60. The molecule has 0 radical (unpaired) electrons. The molecule has 0 atom stereocenters. The van der Waals surface area contributed by atoms with E-state index in [0.29, 0.717) is 29.6 Å². The molecule has 0 aliphatic heterocycles. The van der Waals surface area contributed by atoms with E-state index in [-0.39, 0.29) is 17.3 Å². The van der Waals surface area contributed by atoms with Crippen LogP contribution < -0.4 is 4.74 Å². The Bertz CT molecular complexity index is 982. The van der Waals surface area contributed by atoms with Gasteiger partial charge in [-0.1, -0.05) is 12.1 Å². The highest BCUT2D eigenvalue weighted by Crippen LogP contribution is 2.38. The van der Waals surface area contributed by atoms with Crippen LogP contribution >= 0.6 is 0 Å². The second-order valence-corrected chi connectivity index (χ2v) is 6.59. The number of para-hydroxylation sites is 2. The molecule has 0 spiro atoms. The largest absolute Gasteiger partial charge is 0.449 e. The average Bonchev–Trinajstić information content (AvgIpc) is 3.02. The number of nitro benzene ring substituents is 1. The van der Waals surface area contributed by atoms with E-state index in [9.17, 15) is 14.5 Å². The molecule has 0 unspecified atom stereocenters. The summed E-state index contributed by atoms with van der Waals surface area (Å²) in [6.45, 7) is 3.36. The summed E-state index contributed by atoms with van der Waals surface area (Å²) in [4.78, 5) is 12.8. The number of benzene rings is 2. The van der Waals surface area contributed by atoms with Crippen LogP contribution in [0.5, 0.6) is 11.5 Å². The second kappa shape index (κ2) is 7.75. The fraction of sp³-hybridized carbons (Fsp3) is 0.300. The van der Waals surface area contributed by atoms with Gasteiger partial charge in [0.25, 0.3) is 0 Å². The molecular weight excluding hydrogens is 349 g/mol. The number of ether oxygens (including phenoxy) is 1. The molecule has 0 aliphatic rings. The van der Waals surface area contributed by atoms with Gasteiger partial charge in [0.15, 0.2) is 0 Å². The third-order valence-electron chi connectivity index (χ3n) is 4.46. The van der Waals surface area contributed by atoms with E-state index in [2.05, 4.69) is 4.90 Å². The van der Waals surface area contributed by atoms with Gasteiger partial charge in [0, 0.05) is 30.7 Å². The van der Waals surface area contributed by atoms with Crippen LogP contribution in [-0.4, -0.2) is 35.0 Å². The Kier molecular flexibility index (Phi) is 5.41. The van der Waals surface area contributed by atoms with Gasteiger partial charge in [-0.2, -0.15) is 0 Å². The van der Waals surface area contributed by atoms with Crippen molar-refractivity contribution in [1.29, 1.82) is 0 Å². The standard InChI is InChI=1S/C20H22FN3O3/c1-4-23-13-14(11-12-22(2)3)19-18(10-9-15(21)20(19)23)27-17-8-6-5-7-16(17)24(25)26/h5-10,13H,4,11-12H2,1-3H3. The zero-order valence-corrected chi connectivity index (χ0v) is 15.6. The molecule has 7 heteroatoms. The van der Waals surface area contributed by atoms with Gasteiger partial charge in [0.1, 0.15) is 11.6 Å². The van der Waals surface area contributed by atoms with Crippen molar-refractivity contribution >= 4 is 16.6 Å². The molecule has 0 aliphatic carbocycles. The van der Waals surface area contributed by atoms with E-state index in [1.165, 1.54) is 18.2 Å². The number of hydrogen-bond acceptors (Lipinski definition) is 4. The molecule has 0 N–H and O–H groups in total. The number of aromatic nitrogens is 1. The minimum Gasteiger partial charge on any atom is -0.449 e. The summed E-state index contributed by atoms with van der Waals surface area (Å²) < 4.78 is 22.3. The predicted molar refractivity (Wildman–Crippen MR) is 103 cm³/mol. The Hall–Kier alpha value is -2.93. The lowest BCUT2D eigenvalue weighted by Gasteiger charge is -2.11. The first-order valence-electron chi connectivity index (χ1n) is 8.78. The van der Waals surface area contributed by atoms with Crippen LogP contribution in [0.4, 0.5) is 10.1 Å². The van der Waals surface area contributed by atoms with E-state index in [4.69, 9.17) is 4.74 Å². The van der Waals surface area contributed by atoms with Crippen molar-refractivity contribution in [3.63, 3.8) is 0 Å². The first-order valence-corrected chi connectivity index (χ1v) is 8.78. The summed E-state index contributed by atoms with van der Waals surface area (Å²) in [7, 11) is 3.95. The van der Waals surface area contributed by atoms with Gasteiger partial charge in [0.05, 0.1) is 10.4 Å². The molecule has 27 heavy (non-hydrogen) atoms. The SMILES string of the molecule is CCn1cc(CCN(C)C)c2c(Oc3ccccc3[N+](=O)[O-])ccc(F)c21. The third kappa shape index (κ3) is 3.78. The lowest BCUT2D eigenvalue weighted by molar-refractivity contribution is -0.385. The minimum atomic E-state index is -0.486. The number of rotatable bonds is 7. The van der Waals surface area contributed by atoms with Crippen LogP contribution in [0, 0.1) is 15.9 Å². The van der Waals surface area contributed by atoms with E-state index >= 15 is 0 Å². The normalized spacial score (nSPS) is 11.3. The first-order chi connectivity index (χ1) is 12.9. The molecule has 0 saturated heterocycles. The summed E-state index contributed by atoms with van der Waals surface area (Å²) in [5.74, 6) is 0.220. The molecule has 1 heterocycles. The Morgan fingerprint density at radius 3 is 2.59 bits per heavy atom. The van der Waals surface area contributed by atoms with Crippen LogP contribution in [-0.2, 0) is 13.0 Å². The van der Waals surface area contributed by atoms with Crippen molar-refractivity contribution in [1.82, 2.24) is 9.47 Å². The zero-order chi connectivity index (χ0) is 19.6. The maximum Gasteiger partial charge on any atom is 0.311 e. The lowest BCUT2D eigenvalue weighted by atomic mass is 10.1. The quantitative estimate of drug-likeness (QED) is 0.450. The molecule has 142 valence electrons. The molecule has 0 saturated carbocycles. The van der Waals surface area contributed by atoms with Gasteiger partial charge in [-0.05, 0) is 51.2 Å². The summed E-state index contributed by atoms with van der Waals surface area (Å²) >= 11 is 0. The fourth-order valence-electron chi connectivity index (χ4n) is 3.14. The van der Waals surface area contributed by atoms with Crippen molar-refractivity contribution in [3.8, 4) is 11.5 Å². The van der Waals surface area contributed by atoms with Gasteiger partial charge >= 0.3 is 5.69 Å². The topological polar surface area (TPSA) is 60.5 Å². The van der Waals surface area contributed by atoms with Crippen molar-refractivity contribution in [2.45, 2.75) is 19.9 Å². The van der Waals surface area contributed by atoms with Crippen LogP contribution in [0.2, 0.25) is 0 Å². The zero-order valence-electron chi connectivity index (χ0n) is 15.6. The maximum absolute atomic E-state index is 14.6. The number of likely N-dealkylation sites (N-methyl/N-ethyl adjacent to an activating group) is 1. The number of fused-ring (bicyclic) bond motifs is 1. The van der Waals surface area contributed by atoms with Crippen molar-refractivity contribution in [2.75, 3.05) is 20.6 Å². The molecule has 1 aromatic heterocycles. The van der Waals surface area contributed by atoms with Gasteiger partial charge in [-0.25, -0.2) is 4.39 Å². The third-order valence-corrected chi connectivity index (χ3v) is 4.46. The summed E-state index contributed by atoms with van der Waals surface area (Å²) in [6.07, 6.45) is 2.65. The van der Waals surface area contributed by atoms with Gasteiger partial charge in [-0.15, -0.1) is 0 Å². The molecular formula is C20H22FN3O3. The van der Waals surface area contributed by atoms with E-state index < -0.39 is 4.92 Å². The Morgan fingerprint density at radius 2 is 1.93 bits per heavy atom. The fourth-order valence-corrected chi connectivity index (χ4v) is 3.14. The van der Waals surface area contributed by atoms with E-state index in [1.807, 2.05) is 31.8 Å². The number of hydrogen-bond donors (Lipinski definition) is 0. The Labute approximate surface area is 156 Å². The van der Waals surface area contributed by atoms with Crippen LogP contribution in [0.3, 0.4) is 0 Å². The molecule has 0 amide bonds. The number of nitro groups is 1. The lowest BCUT2D eigenvalue weighted by Crippen LogP contribution is -2.14. The summed E-state index contributed by atoms with van der Waals surface area (Å²) in [5, 5.41) is 11.9. The smallest absolute Gasteiger partial charge is 0.311 e. The molecule has 2 aromatic carbocycles. The van der Waals surface area contributed by atoms with Gasteiger partial charge in [-0.3, -0.25) is 10.1 Å². The Morgan fingerprint density at radius 1 is 1.19 bits per heavy atom. The molecule has 3 aromatic rings. The molecule has 0 fully saturated rings. The highest BCUT2D eigenvalue weighted by molar-refractivity contribution is 5.91. The molecule has 6 nitrogen and oxygen atoms in total. The number of nitrogens with zero attached hydrogens (tertiary/aromatic N) is 3. The second-order valence-electron chi connectivity index (χ2n) is 6.59. The van der Waals surface area contributed by atoms with Crippen LogP contribution in [0.25, 0.3) is 10.9 Å². The van der Waals surface area contributed by atoms with E-state index in [0.717, 1.165) is 12.1 Å². The van der Waals surface area contributed by atoms with Crippen LogP contribution in [0.15, 0.2) is 42.6 Å². The molecule has 3 rings (SSSR count). The highest BCUT2D eigenvalue weighted by atomic mass is 19.1. The Balaban J connectivity index is 2.14. The average molecular weight is 371 g/mol. The number of aryl methyl sites for hydroxylation is 1. The van der Waals surface area contributed by atoms with Crippen molar-refractivity contribution in [3.05, 3.63) is 64.1 Å². The molecule has 0 bridgehead atoms. The number of halogens is 1. The summed E-state index contributed by atoms with van der Waals surface area (Å²) in [5.41, 5.74) is 1.29. The van der Waals surface area contributed by atoms with Gasteiger partial charge < -0.3 is 14.2 Å². The van der Waals surface area contributed by atoms with Crippen molar-refractivity contribution in [2.24, 2.45) is 0 Å². The van der Waals surface area contributed by atoms with Crippen molar-refractivity contribution < 1.29 is 14.1 Å².